The molecule has 1 unspecified atom stereocenters. The van der Waals surface area contributed by atoms with Gasteiger partial charge in [0.05, 0.1) is 0 Å². The molecule has 0 fully saturated rings. The van der Waals surface area contributed by atoms with Gasteiger partial charge in [0.2, 0.25) is 0 Å². The molecule has 5 nitrogen and oxygen atoms in total. The van der Waals surface area contributed by atoms with Crippen molar-refractivity contribution in [2.24, 2.45) is 0 Å². The van der Waals surface area contributed by atoms with Crippen molar-refractivity contribution in [3.8, 4) is 6.07 Å². The fourth-order valence-electron chi connectivity index (χ4n) is 3.27. The van der Waals surface area contributed by atoms with E-state index >= 15 is 0 Å². The second-order valence-corrected chi connectivity index (χ2v) is 11.1. The van der Waals surface area contributed by atoms with Crippen molar-refractivity contribution in [1.82, 2.24) is 0 Å². The zero-order valence-electron chi connectivity index (χ0n) is 16.0. The summed E-state index contributed by atoms with van der Waals surface area (Å²) in [5.74, 6) is -0.723. The molecule has 0 amide bonds. The number of ether oxygens (including phenoxy) is 1. The van der Waals surface area contributed by atoms with Crippen LogP contribution in [0.2, 0.25) is 5.32 Å². The molecule has 3 rings (SSSR count). The predicted octanol–water partition coefficient (Wildman–Crippen LogP) is 3.76. The molecule has 3 aromatic carbocycles. The first-order chi connectivity index (χ1) is 13.9. The van der Waals surface area contributed by atoms with Gasteiger partial charge in [0.25, 0.3) is 0 Å². The van der Waals surface area contributed by atoms with E-state index in [2.05, 4.69) is 6.07 Å². The predicted molar refractivity (Wildman–Crippen MR) is 110 cm³/mol. The van der Waals surface area contributed by atoms with Crippen LogP contribution in [0, 0.1) is 11.3 Å². The van der Waals surface area contributed by atoms with Crippen molar-refractivity contribution in [1.29, 1.82) is 5.26 Å². The third-order valence-electron chi connectivity index (χ3n) is 4.91. The summed E-state index contributed by atoms with van der Waals surface area (Å²) >= 11 is -4.53. The van der Waals surface area contributed by atoms with E-state index in [0.717, 1.165) is 10.8 Å². The molecule has 0 aliphatic carbocycles. The van der Waals surface area contributed by atoms with Crippen LogP contribution in [0.5, 0.6) is 0 Å². The molecule has 0 saturated carbocycles. The molecule has 148 valence electrons. The van der Waals surface area contributed by atoms with E-state index in [-0.39, 0.29) is 22.8 Å². The van der Waals surface area contributed by atoms with Gasteiger partial charge in [-0.1, -0.05) is 0 Å². The first-order valence-corrected chi connectivity index (χ1v) is 12.7. The summed E-state index contributed by atoms with van der Waals surface area (Å²) in [5.41, 5.74) is -1.25. The Morgan fingerprint density at radius 3 is 2.31 bits per heavy atom. The summed E-state index contributed by atoms with van der Waals surface area (Å²) in [6.45, 7) is 1.76. The third kappa shape index (κ3) is 4.22. The number of rotatable bonds is 7. The Hall–Kier alpha value is -3.00. The van der Waals surface area contributed by atoms with Crippen molar-refractivity contribution in [3.05, 3.63) is 78.4 Å². The molecule has 0 radical (unpaired) electrons. The van der Waals surface area contributed by atoms with Crippen LogP contribution in [0.1, 0.15) is 18.9 Å². The third-order valence-corrected chi connectivity index (χ3v) is 8.54. The topological polar surface area (TPSA) is 84.2 Å². The second-order valence-electron chi connectivity index (χ2n) is 6.68. The molecule has 3 aromatic rings. The average molecular weight is 454 g/mol. The fraction of sp³-hybridized carbons (Fsp3) is 0.217. The monoisotopic (exact) mass is 455 g/mol. The molecule has 0 bridgehead atoms. The van der Waals surface area contributed by atoms with Gasteiger partial charge in [-0.25, -0.2) is 0 Å². The van der Waals surface area contributed by atoms with Crippen molar-refractivity contribution < 1.29 is 17.2 Å². The Morgan fingerprint density at radius 1 is 1.00 bits per heavy atom. The number of esters is 1. The van der Waals surface area contributed by atoms with E-state index in [1.807, 2.05) is 30.3 Å². The molecular weight excluding hydrogens is 433 g/mol. The number of hydrogen-bond acceptors (Lipinski definition) is 5. The molecule has 0 aliphatic heterocycles. The molecule has 1 atom stereocenters. The van der Waals surface area contributed by atoms with Gasteiger partial charge in [-0.2, -0.15) is 0 Å². The Kier molecular flexibility index (Phi) is 6.12. The Morgan fingerprint density at radius 2 is 1.66 bits per heavy atom. The first-order valence-electron chi connectivity index (χ1n) is 9.28. The van der Waals surface area contributed by atoms with Gasteiger partial charge in [-0.05, 0) is 0 Å². The SMILES string of the molecule is CCOC(=O)C(C#N)(CC[Se](=O)(=O)c1ccccc1)c1ccc2ccccc2c1. The van der Waals surface area contributed by atoms with Crippen LogP contribution in [-0.2, 0) is 22.6 Å². The number of nitrogens with zero attached hydrogens (tertiary/aromatic N) is 1. The van der Waals surface area contributed by atoms with E-state index in [1.165, 1.54) is 12.1 Å². The van der Waals surface area contributed by atoms with Gasteiger partial charge in [0, 0.05) is 0 Å². The minimum absolute atomic E-state index is 0.104. The van der Waals surface area contributed by atoms with E-state index < -0.39 is 24.1 Å². The summed E-state index contributed by atoms with van der Waals surface area (Å²) in [6, 6.07) is 23.1. The van der Waals surface area contributed by atoms with Crippen LogP contribution in [0.4, 0.5) is 0 Å². The summed E-state index contributed by atoms with van der Waals surface area (Å²) in [5, 5.41) is 11.6. The van der Waals surface area contributed by atoms with Crippen molar-refractivity contribution in [2.45, 2.75) is 24.1 Å². The number of benzene rings is 3. The molecular formula is C23H21NO4Se. The first kappa shape index (κ1) is 20.7. The molecule has 0 heterocycles. The van der Waals surface area contributed by atoms with Crippen molar-refractivity contribution >= 4 is 33.9 Å². The van der Waals surface area contributed by atoms with Crippen LogP contribution in [0.15, 0.2) is 72.8 Å². The molecule has 29 heavy (non-hydrogen) atoms. The summed E-state index contributed by atoms with van der Waals surface area (Å²) in [4.78, 5) is 12.9. The van der Waals surface area contributed by atoms with Crippen LogP contribution in [-0.4, -0.2) is 25.3 Å². The van der Waals surface area contributed by atoms with E-state index in [0.29, 0.717) is 5.56 Å². The molecule has 0 saturated heterocycles. The van der Waals surface area contributed by atoms with Crippen LogP contribution in [0.25, 0.3) is 10.8 Å². The maximum absolute atomic E-state index is 12.9. The molecule has 0 aromatic heterocycles. The quantitative estimate of drug-likeness (QED) is 0.401. The van der Waals surface area contributed by atoms with Crippen LogP contribution >= 0.6 is 0 Å². The minimum atomic E-state index is -4.53. The van der Waals surface area contributed by atoms with E-state index in [9.17, 15) is 17.7 Å². The average Bonchev–Trinajstić information content (AvgIpc) is 2.75. The van der Waals surface area contributed by atoms with Gasteiger partial charge in [0.15, 0.2) is 0 Å². The normalized spacial score (nSPS) is 13.4. The molecule has 0 N–H and O–H groups in total. The zero-order valence-corrected chi connectivity index (χ0v) is 17.8. The fourth-order valence-corrected chi connectivity index (χ4v) is 6.17. The van der Waals surface area contributed by atoms with Gasteiger partial charge in [0.1, 0.15) is 0 Å². The maximum atomic E-state index is 12.9. The number of fused-ring (bicyclic) bond motifs is 1. The van der Waals surface area contributed by atoms with Gasteiger partial charge in [-0.3, -0.25) is 0 Å². The Balaban J connectivity index is 2.03. The van der Waals surface area contributed by atoms with Gasteiger partial charge < -0.3 is 0 Å². The van der Waals surface area contributed by atoms with E-state index in [4.69, 9.17) is 4.74 Å². The number of carbonyl (C=O) groups is 1. The zero-order chi connectivity index (χ0) is 20.9. The van der Waals surface area contributed by atoms with Crippen LogP contribution < -0.4 is 4.46 Å². The van der Waals surface area contributed by atoms with Crippen molar-refractivity contribution in [2.75, 3.05) is 6.61 Å². The summed E-state index contributed by atoms with van der Waals surface area (Å²) < 4.78 is 31.1. The van der Waals surface area contributed by atoms with E-state index in [1.54, 1.807) is 37.3 Å². The van der Waals surface area contributed by atoms with Gasteiger partial charge >= 0.3 is 171 Å². The van der Waals surface area contributed by atoms with Crippen LogP contribution in [0.3, 0.4) is 0 Å². The number of nitriles is 1. The van der Waals surface area contributed by atoms with Gasteiger partial charge in [-0.15, -0.1) is 0 Å². The molecule has 0 aliphatic rings. The standard InChI is InChI=1S/C23H21NO4Se/c1-2-28-22(25)23(17-24,14-15-29(26,27)21-10-4-3-5-11-21)20-13-12-18-8-6-7-9-19(18)16-20/h3-13,16H,2,14-15H2,1H3. The Bertz CT molecular complexity index is 1170. The summed E-state index contributed by atoms with van der Waals surface area (Å²) in [6.07, 6.45) is -0.164. The van der Waals surface area contributed by atoms with Crippen molar-refractivity contribution in [3.63, 3.8) is 0 Å². The molecule has 6 heteroatoms. The second kappa shape index (κ2) is 8.57. The Labute approximate surface area is 171 Å². The summed E-state index contributed by atoms with van der Waals surface area (Å²) in [7, 11) is 0. The molecule has 0 spiro atoms. The number of carbonyl (C=O) groups excluding carboxylic acids is 1. The number of hydrogen-bond donors (Lipinski definition) is 0.